The van der Waals surface area contributed by atoms with Crippen molar-refractivity contribution in [3.63, 3.8) is 0 Å². The lowest BCUT2D eigenvalue weighted by atomic mass is 10.1. The number of morpholine rings is 1. The van der Waals surface area contributed by atoms with E-state index in [1.165, 1.54) is 17.4 Å². The lowest BCUT2D eigenvalue weighted by Crippen LogP contribution is -2.35. The van der Waals surface area contributed by atoms with Gasteiger partial charge in [0.2, 0.25) is 5.91 Å². The number of thiazole rings is 1. The number of nitrogens with one attached hydrogen (secondary N) is 1. The summed E-state index contributed by atoms with van der Waals surface area (Å²) in [7, 11) is 0. The van der Waals surface area contributed by atoms with Crippen molar-refractivity contribution in [3.05, 3.63) is 52.5 Å². The normalized spacial score (nSPS) is 15.8. The topological polar surface area (TPSA) is 54.5 Å². The standard InChI is InChI=1S/C17H19N3O2S/c21-17(6-5-15-12-23-13-18-15)19-16-4-2-1-3-14(16)11-20-7-9-22-10-8-20/h1-6,12-13H,7-11H2,(H,19,21)/b6-5+. The average Bonchev–Trinajstić information content (AvgIpc) is 3.09. The molecule has 0 radical (unpaired) electrons. The van der Waals surface area contributed by atoms with E-state index in [4.69, 9.17) is 4.74 Å². The van der Waals surface area contributed by atoms with Crippen LogP contribution in [0.25, 0.3) is 6.08 Å². The number of nitrogens with zero attached hydrogens (tertiary/aromatic N) is 2. The van der Waals surface area contributed by atoms with Crippen LogP contribution in [0.2, 0.25) is 0 Å². The second-order valence-corrected chi connectivity index (χ2v) is 6.00. The van der Waals surface area contributed by atoms with Crippen LogP contribution < -0.4 is 5.32 Å². The minimum Gasteiger partial charge on any atom is -0.379 e. The zero-order valence-electron chi connectivity index (χ0n) is 12.8. The summed E-state index contributed by atoms with van der Waals surface area (Å²) in [6, 6.07) is 7.92. The Kier molecular flexibility index (Phi) is 5.52. The Morgan fingerprint density at radius 2 is 2.17 bits per heavy atom. The molecule has 23 heavy (non-hydrogen) atoms. The first-order valence-electron chi connectivity index (χ1n) is 7.56. The second-order valence-electron chi connectivity index (χ2n) is 5.28. The minimum atomic E-state index is -0.146. The predicted octanol–water partition coefficient (Wildman–Crippen LogP) is 2.63. The van der Waals surface area contributed by atoms with Gasteiger partial charge >= 0.3 is 0 Å². The van der Waals surface area contributed by atoms with Crippen molar-refractivity contribution in [2.75, 3.05) is 31.6 Å². The highest BCUT2D eigenvalue weighted by Gasteiger charge is 2.13. The Morgan fingerprint density at radius 3 is 2.96 bits per heavy atom. The van der Waals surface area contributed by atoms with Gasteiger partial charge in [-0.2, -0.15) is 0 Å². The Balaban J connectivity index is 1.63. The number of rotatable bonds is 5. The van der Waals surface area contributed by atoms with Gasteiger partial charge in [-0.1, -0.05) is 18.2 Å². The minimum absolute atomic E-state index is 0.146. The number of anilines is 1. The van der Waals surface area contributed by atoms with Gasteiger partial charge < -0.3 is 10.1 Å². The van der Waals surface area contributed by atoms with E-state index in [0.29, 0.717) is 0 Å². The van der Waals surface area contributed by atoms with Gasteiger partial charge in [0.25, 0.3) is 0 Å². The van der Waals surface area contributed by atoms with Crippen molar-refractivity contribution < 1.29 is 9.53 Å². The summed E-state index contributed by atoms with van der Waals surface area (Å²) in [6.45, 7) is 4.20. The molecule has 2 aromatic rings. The van der Waals surface area contributed by atoms with Crippen LogP contribution in [-0.2, 0) is 16.1 Å². The van der Waals surface area contributed by atoms with E-state index in [2.05, 4.69) is 21.3 Å². The van der Waals surface area contributed by atoms with E-state index >= 15 is 0 Å². The monoisotopic (exact) mass is 329 g/mol. The number of ether oxygens (including phenoxy) is 1. The average molecular weight is 329 g/mol. The van der Waals surface area contributed by atoms with E-state index < -0.39 is 0 Å². The molecule has 0 bridgehead atoms. The zero-order valence-corrected chi connectivity index (χ0v) is 13.6. The number of hydrogen-bond acceptors (Lipinski definition) is 5. The summed E-state index contributed by atoms with van der Waals surface area (Å²) in [4.78, 5) is 18.6. The van der Waals surface area contributed by atoms with Crippen molar-refractivity contribution >= 4 is 29.0 Å². The fourth-order valence-corrected chi connectivity index (χ4v) is 2.94. The van der Waals surface area contributed by atoms with Crippen molar-refractivity contribution in [2.45, 2.75) is 6.54 Å². The van der Waals surface area contributed by atoms with E-state index in [1.54, 1.807) is 11.6 Å². The van der Waals surface area contributed by atoms with Gasteiger partial charge in [0.15, 0.2) is 0 Å². The van der Waals surface area contributed by atoms with Crippen molar-refractivity contribution in [2.24, 2.45) is 0 Å². The maximum absolute atomic E-state index is 12.1. The van der Waals surface area contributed by atoms with Gasteiger partial charge in [-0.25, -0.2) is 4.98 Å². The summed E-state index contributed by atoms with van der Waals surface area (Å²) in [5.41, 5.74) is 4.51. The molecule has 1 amide bonds. The highest BCUT2D eigenvalue weighted by Crippen LogP contribution is 2.18. The maximum Gasteiger partial charge on any atom is 0.248 e. The number of para-hydroxylation sites is 1. The third kappa shape index (κ3) is 4.72. The van der Waals surface area contributed by atoms with E-state index in [1.807, 2.05) is 23.6 Å². The lowest BCUT2D eigenvalue weighted by molar-refractivity contribution is -0.111. The highest BCUT2D eigenvalue weighted by molar-refractivity contribution is 7.07. The maximum atomic E-state index is 12.1. The van der Waals surface area contributed by atoms with E-state index in [9.17, 15) is 4.79 Å². The molecule has 0 aliphatic carbocycles. The third-order valence-electron chi connectivity index (χ3n) is 3.63. The molecule has 0 spiro atoms. The Bertz CT molecular complexity index is 664. The van der Waals surface area contributed by atoms with Crippen LogP contribution in [0.4, 0.5) is 5.69 Å². The lowest BCUT2D eigenvalue weighted by Gasteiger charge is -2.27. The van der Waals surface area contributed by atoms with Gasteiger partial charge in [0.1, 0.15) is 0 Å². The van der Waals surface area contributed by atoms with Gasteiger partial charge in [-0.15, -0.1) is 11.3 Å². The molecule has 0 atom stereocenters. The first-order valence-corrected chi connectivity index (χ1v) is 8.51. The SMILES string of the molecule is O=C(/C=C/c1cscn1)Nc1ccccc1CN1CCOCC1. The number of amides is 1. The number of hydrogen-bond donors (Lipinski definition) is 1. The van der Waals surface area contributed by atoms with Crippen LogP contribution in [0.3, 0.4) is 0 Å². The van der Waals surface area contributed by atoms with Crippen molar-refractivity contribution in [1.82, 2.24) is 9.88 Å². The van der Waals surface area contributed by atoms with Gasteiger partial charge in [0.05, 0.1) is 24.4 Å². The molecule has 0 saturated carbocycles. The molecule has 1 saturated heterocycles. The van der Waals surface area contributed by atoms with Crippen LogP contribution in [-0.4, -0.2) is 42.1 Å². The Morgan fingerprint density at radius 1 is 1.35 bits per heavy atom. The quantitative estimate of drug-likeness (QED) is 0.857. The van der Waals surface area contributed by atoms with Crippen molar-refractivity contribution in [3.8, 4) is 0 Å². The molecule has 0 unspecified atom stereocenters. The highest BCUT2D eigenvalue weighted by atomic mass is 32.1. The second kappa shape index (κ2) is 8.01. The number of benzene rings is 1. The number of carbonyl (C=O) groups excluding carboxylic acids is 1. The van der Waals surface area contributed by atoms with Crippen LogP contribution in [0.15, 0.2) is 41.2 Å². The predicted molar refractivity (Wildman–Crippen MR) is 92.3 cm³/mol. The van der Waals surface area contributed by atoms with Crippen LogP contribution in [0.5, 0.6) is 0 Å². The van der Waals surface area contributed by atoms with Gasteiger partial charge in [-0.05, 0) is 17.7 Å². The molecule has 1 fully saturated rings. The summed E-state index contributed by atoms with van der Waals surface area (Å²) in [5.74, 6) is -0.146. The molecule has 1 N–H and O–H groups in total. The molecule has 5 nitrogen and oxygen atoms in total. The van der Waals surface area contributed by atoms with Crippen LogP contribution in [0.1, 0.15) is 11.3 Å². The summed E-state index contributed by atoms with van der Waals surface area (Å²) < 4.78 is 5.37. The molecule has 1 aromatic carbocycles. The molecule has 6 heteroatoms. The van der Waals surface area contributed by atoms with Crippen LogP contribution in [0, 0.1) is 0 Å². The first-order chi connectivity index (χ1) is 11.3. The molecular formula is C17H19N3O2S. The first kappa shape index (κ1) is 15.9. The molecule has 2 heterocycles. The zero-order chi connectivity index (χ0) is 15.9. The van der Waals surface area contributed by atoms with E-state index in [0.717, 1.165) is 49.8 Å². The molecule has 1 aliphatic heterocycles. The molecular weight excluding hydrogens is 310 g/mol. The molecule has 3 rings (SSSR count). The number of aromatic nitrogens is 1. The summed E-state index contributed by atoms with van der Waals surface area (Å²) >= 11 is 1.51. The van der Waals surface area contributed by atoms with Gasteiger partial charge in [0, 0.05) is 36.8 Å². The fraction of sp³-hybridized carbons (Fsp3) is 0.294. The van der Waals surface area contributed by atoms with Gasteiger partial charge in [-0.3, -0.25) is 9.69 Å². The fourth-order valence-electron chi connectivity index (χ4n) is 2.42. The van der Waals surface area contributed by atoms with Crippen LogP contribution >= 0.6 is 11.3 Å². The Hall–Kier alpha value is -2.02. The smallest absolute Gasteiger partial charge is 0.248 e. The largest absolute Gasteiger partial charge is 0.379 e. The third-order valence-corrected chi connectivity index (χ3v) is 4.23. The van der Waals surface area contributed by atoms with E-state index in [-0.39, 0.29) is 5.91 Å². The molecule has 1 aliphatic rings. The molecule has 1 aromatic heterocycles. The summed E-state index contributed by atoms with van der Waals surface area (Å²) in [5, 5.41) is 4.85. The molecule has 120 valence electrons. The van der Waals surface area contributed by atoms with Crippen molar-refractivity contribution in [1.29, 1.82) is 0 Å². The number of carbonyl (C=O) groups is 1. The Labute approximate surface area is 139 Å². The summed E-state index contributed by atoms with van der Waals surface area (Å²) in [6.07, 6.45) is 3.23.